The van der Waals surface area contributed by atoms with Crippen LogP contribution in [0.3, 0.4) is 0 Å². The molecule has 1 heteroatoms. The topological polar surface area (TPSA) is 13.1 Å². The molecule has 0 unspecified atom stereocenters. The van der Waals surface area contributed by atoms with Crippen molar-refractivity contribution >= 4 is 54.3 Å². The molecule has 49 heavy (non-hydrogen) atoms. The van der Waals surface area contributed by atoms with Gasteiger partial charge < -0.3 is 4.42 Å². The SMILES string of the molecule is [2H]c1ccc2cc(-c3ccc(-c4c5ccccc5c(-c5ccc6oc7c(-c8ccccc8)cccc7c6c5)c5ccccc45)cc3)ccc2c1. The second-order valence-corrected chi connectivity index (χ2v) is 12.8. The third-order valence-corrected chi connectivity index (χ3v) is 9.99. The Morgan fingerprint density at radius 2 is 0.959 bits per heavy atom. The summed E-state index contributed by atoms with van der Waals surface area (Å²) >= 11 is 0. The van der Waals surface area contributed by atoms with E-state index in [0.717, 1.165) is 43.8 Å². The van der Waals surface area contributed by atoms with Crippen LogP contribution in [0.1, 0.15) is 1.37 Å². The molecule has 10 aromatic rings. The molecule has 0 saturated carbocycles. The van der Waals surface area contributed by atoms with Crippen molar-refractivity contribution in [3.8, 4) is 44.5 Å². The van der Waals surface area contributed by atoms with E-state index in [9.17, 15) is 0 Å². The standard InChI is InChI=1S/C48H30O/c1-2-12-33(13-3-1)38-19-10-20-43-44-30-37(27-28-45(44)49-48(38)43)47-41-17-8-6-15-39(41)46(40-16-7-9-18-42(40)47)34-24-21-32(22-25-34)36-26-23-31-11-4-5-14-35(31)29-36/h1-30H/i4D. The number of rotatable bonds is 4. The first-order valence-electron chi connectivity index (χ1n) is 17.3. The summed E-state index contributed by atoms with van der Waals surface area (Å²) in [6, 6.07) is 63.0. The Morgan fingerprint density at radius 3 is 1.69 bits per heavy atom. The molecule has 0 aliphatic rings. The normalized spacial score (nSPS) is 12.0. The maximum Gasteiger partial charge on any atom is 0.143 e. The minimum absolute atomic E-state index is 0.535. The van der Waals surface area contributed by atoms with E-state index in [2.05, 4.69) is 152 Å². The number of fused-ring (bicyclic) bond motifs is 6. The van der Waals surface area contributed by atoms with Crippen LogP contribution in [0, 0.1) is 0 Å². The predicted octanol–water partition coefficient (Wildman–Crippen LogP) is 13.7. The molecule has 0 saturated heterocycles. The molecule has 0 radical (unpaired) electrons. The van der Waals surface area contributed by atoms with Gasteiger partial charge in [-0.1, -0.05) is 164 Å². The molecule has 1 aromatic heterocycles. The van der Waals surface area contributed by atoms with Gasteiger partial charge in [-0.3, -0.25) is 0 Å². The van der Waals surface area contributed by atoms with Crippen LogP contribution in [0.4, 0.5) is 0 Å². The van der Waals surface area contributed by atoms with Crippen molar-refractivity contribution in [3.05, 3.63) is 182 Å². The summed E-state index contributed by atoms with van der Waals surface area (Å²) in [6.07, 6.45) is 0. The third-order valence-electron chi connectivity index (χ3n) is 9.99. The van der Waals surface area contributed by atoms with Crippen LogP contribution in [0.5, 0.6) is 0 Å². The van der Waals surface area contributed by atoms with Crippen LogP contribution < -0.4 is 0 Å². The van der Waals surface area contributed by atoms with Gasteiger partial charge in [0.15, 0.2) is 0 Å². The van der Waals surface area contributed by atoms with Gasteiger partial charge in [0.25, 0.3) is 0 Å². The lowest BCUT2D eigenvalue weighted by Crippen LogP contribution is -1.91. The monoisotopic (exact) mass is 623 g/mol. The van der Waals surface area contributed by atoms with E-state index in [0.29, 0.717) is 6.04 Å². The maximum atomic E-state index is 7.96. The van der Waals surface area contributed by atoms with Gasteiger partial charge in [0.2, 0.25) is 0 Å². The highest BCUT2D eigenvalue weighted by molar-refractivity contribution is 6.22. The fraction of sp³-hybridized carbons (Fsp3) is 0. The summed E-state index contributed by atoms with van der Waals surface area (Å²) in [6.45, 7) is 0. The maximum absolute atomic E-state index is 7.96. The Labute approximate surface area is 285 Å². The van der Waals surface area contributed by atoms with E-state index < -0.39 is 0 Å². The van der Waals surface area contributed by atoms with Gasteiger partial charge in [0, 0.05) is 16.3 Å². The average molecular weight is 624 g/mol. The zero-order valence-electron chi connectivity index (χ0n) is 27.7. The van der Waals surface area contributed by atoms with E-state index in [1.165, 1.54) is 54.9 Å². The lowest BCUT2D eigenvalue weighted by Gasteiger charge is -2.18. The molecular weight excluding hydrogens is 593 g/mol. The molecule has 1 heterocycles. The zero-order valence-corrected chi connectivity index (χ0v) is 26.7. The van der Waals surface area contributed by atoms with E-state index in [1.54, 1.807) is 0 Å². The molecule has 9 aromatic carbocycles. The van der Waals surface area contributed by atoms with Crippen molar-refractivity contribution in [1.29, 1.82) is 0 Å². The Hall–Kier alpha value is -6.44. The van der Waals surface area contributed by atoms with Crippen LogP contribution >= 0.6 is 0 Å². The fourth-order valence-corrected chi connectivity index (χ4v) is 7.68. The quantitative estimate of drug-likeness (QED) is 0.178. The highest BCUT2D eigenvalue weighted by Gasteiger charge is 2.19. The number of furan rings is 1. The Bertz CT molecular complexity index is 2860. The molecule has 10 rings (SSSR count). The molecule has 0 spiro atoms. The van der Waals surface area contributed by atoms with Crippen molar-refractivity contribution in [2.24, 2.45) is 0 Å². The molecule has 0 atom stereocenters. The predicted molar refractivity (Wildman–Crippen MR) is 208 cm³/mol. The zero-order chi connectivity index (χ0) is 33.2. The second-order valence-electron chi connectivity index (χ2n) is 12.8. The summed E-state index contributed by atoms with van der Waals surface area (Å²) < 4.78 is 14.5. The van der Waals surface area contributed by atoms with Crippen LogP contribution in [-0.2, 0) is 0 Å². The highest BCUT2D eigenvalue weighted by atomic mass is 16.3. The third kappa shape index (κ3) is 4.47. The van der Waals surface area contributed by atoms with Gasteiger partial charge in [-0.25, -0.2) is 0 Å². The Balaban J connectivity index is 1.14. The molecule has 0 amide bonds. The lowest BCUT2D eigenvalue weighted by molar-refractivity contribution is 0.670. The first-order valence-corrected chi connectivity index (χ1v) is 16.8. The van der Waals surface area contributed by atoms with Crippen LogP contribution in [0.15, 0.2) is 186 Å². The minimum atomic E-state index is 0.535. The molecule has 0 aliphatic heterocycles. The minimum Gasteiger partial charge on any atom is -0.455 e. The number of benzene rings is 9. The van der Waals surface area contributed by atoms with Crippen molar-refractivity contribution in [1.82, 2.24) is 0 Å². The first kappa shape index (κ1) is 26.6. The van der Waals surface area contributed by atoms with Gasteiger partial charge in [-0.2, -0.15) is 0 Å². The van der Waals surface area contributed by atoms with Crippen LogP contribution in [0.25, 0.3) is 98.8 Å². The average Bonchev–Trinajstić information content (AvgIpc) is 3.55. The van der Waals surface area contributed by atoms with Crippen molar-refractivity contribution in [3.63, 3.8) is 0 Å². The smallest absolute Gasteiger partial charge is 0.143 e. The Kier molecular flexibility index (Phi) is 6.02. The van der Waals surface area contributed by atoms with Crippen LogP contribution in [0.2, 0.25) is 0 Å². The summed E-state index contributed by atoms with van der Waals surface area (Å²) in [5, 5.41) is 9.40. The van der Waals surface area contributed by atoms with E-state index in [-0.39, 0.29) is 0 Å². The molecule has 0 fully saturated rings. The van der Waals surface area contributed by atoms with Gasteiger partial charge in [-0.15, -0.1) is 0 Å². The van der Waals surface area contributed by atoms with E-state index in [4.69, 9.17) is 5.79 Å². The second kappa shape index (κ2) is 11.1. The molecule has 228 valence electrons. The number of para-hydroxylation sites is 1. The Morgan fingerprint density at radius 1 is 0.347 bits per heavy atom. The summed E-state index contributed by atoms with van der Waals surface area (Å²) in [7, 11) is 0. The lowest BCUT2D eigenvalue weighted by atomic mass is 9.85. The highest BCUT2D eigenvalue weighted by Crippen LogP contribution is 2.45. The first-order chi connectivity index (χ1) is 24.7. The van der Waals surface area contributed by atoms with Crippen LogP contribution in [-0.4, -0.2) is 0 Å². The fourth-order valence-electron chi connectivity index (χ4n) is 7.68. The molecule has 1 nitrogen and oxygen atoms in total. The van der Waals surface area contributed by atoms with E-state index >= 15 is 0 Å². The number of hydrogen-bond donors (Lipinski definition) is 0. The van der Waals surface area contributed by atoms with Gasteiger partial charge in [0.1, 0.15) is 11.2 Å². The van der Waals surface area contributed by atoms with Crippen molar-refractivity contribution < 1.29 is 5.79 Å². The molecule has 0 bridgehead atoms. The number of hydrogen-bond acceptors (Lipinski definition) is 1. The summed E-state index contributed by atoms with van der Waals surface area (Å²) in [4.78, 5) is 0. The summed E-state index contributed by atoms with van der Waals surface area (Å²) in [5.74, 6) is 0. The van der Waals surface area contributed by atoms with Gasteiger partial charge in [0.05, 0.1) is 1.37 Å². The summed E-state index contributed by atoms with van der Waals surface area (Å²) in [5.41, 5.74) is 11.3. The molecule has 0 aliphatic carbocycles. The molecule has 0 N–H and O–H groups in total. The van der Waals surface area contributed by atoms with E-state index in [1.807, 2.05) is 24.3 Å². The largest absolute Gasteiger partial charge is 0.455 e. The van der Waals surface area contributed by atoms with Gasteiger partial charge >= 0.3 is 0 Å². The van der Waals surface area contributed by atoms with Gasteiger partial charge in [-0.05, 0) is 89.5 Å². The van der Waals surface area contributed by atoms with Crippen molar-refractivity contribution in [2.45, 2.75) is 0 Å². The van der Waals surface area contributed by atoms with Crippen molar-refractivity contribution in [2.75, 3.05) is 0 Å². The molecular formula is C48H30O.